The highest BCUT2D eigenvalue weighted by atomic mass is 32.2. The van der Waals surface area contributed by atoms with Crippen molar-refractivity contribution in [3.63, 3.8) is 0 Å². The number of carbonyl (C=O) groups is 1. The molecular formula is C14H23NO2S. The number of ether oxygens (including phenoxy) is 1. The van der Waals surface area contributed by atoms with Crippen molar-refractivity contribution in [1.82, 2.24) is 0 Å². The maximum absolute atomic E-state index is 12.4. The van der Waals surface area contributed by atoms with E-state index in [1.54, 1.807) is 0 Å². The Labute approximate surface area is 113 Å². The Morgan fingerprint density at radius 1 is 1.39 bits per heavy atom. The molecule has 2 N–H and O–H groups in total. The van der Waals surface area contributed by atoms with Gasteiger partial charge in [0.2, 0.25) is 0 Å². The number of thioether (sulfide) groups is 1. The van der Waals surface area contributed by atoms with E-state index in [1.165, 1.54) is 12.2 Å². The summed E-state index contributed by atoms with van der Waals surface area (Å²) >= 11 is 1.96. The molecule has 2 unspecified atom stereocenters. The number of nitrogens with two attached hydrogens (primary N) is 1. The van der Waals surface area contributed by atoms with Crippen LogP contribution in [0.25, 0.3) is 0 Å². The van der Waals surface area contributed by atoms with Gasteiger partial charge in [0.05, 0.1) is 5.60 Å². The predicted octanol–water partition coefficient (Wildman–Crippen LogP) is 2.13. The van der Waals surface area contributed by atoms with Crippen molar-refractivity contribution in [2.75, 3.05) is 18.1 Å². The van der Waals surface area contributed by atoms with Crippen molar-refractivity contribution in [3.05, 3.63) is 0 Å². The molecule has 2 heterocycles. The topological polar surface area (TPSA) is 52.3 Å². The largest absolute Gasteiger partial charge is 0.374 e. The first-order valence-corrected chi connectivity index (χ1v) is 8.30. The Morgan fingerprint density at radius 2 is 2.22 bits per heavy atom. The minimum Gasteiger partial charge on any atom is -0.374 e. The van der Waals surface area contributed by atoms with Gasteiger partial charge in [-0.15, -0.1) is 0 Å². The van der Waals surface area contributed by atoms with Gasteiger partial charge >= 0.3 is 0 Å². The minimum absolute atomic E-state index is 0.0185. The van der Waals surface area contributed by atoms with Gasteiger partial charge in [-0.2, -0.15) is 11.8 Å². The molecule has 18 heavy (non-hydrogen) atoms. The highest BCUT2D eigenvalue weighted by molar-refractivity contribution is 7.99. The van der Waals surface area contributed by atoms with Crippen molar-refractivity contribution in [2.45, 2.75) is 56.1 Å². The summed E-state index contributed by atoms with van der Waals surface area (Å²) in [4.78, 5) is 12.4. The van der Waals surface area contributed by atoms with Gasteiger partial charge in [0.25, 0.3) is 0 Å². The molecule has 2 atom stereocenters. The Bertz CT molecular complexity index is 335. The van der Waals surface area contributed by atoms with Crippen LogP contribution in [0.1, 0.15) is 44.9 Å². The zero-order chi connectivity index (χ0) is 12.6. The van der Waals surface area contributed by atoms with Gasteiger partial charge in [0.15, 0.2) is 0 Å². The molecule has 102 valence electrons. The summed E-state index contributed by atoms with van der Waals surface area (Å²) in [7, 11) is 0. The fourth-order valence-electron chi connectivity index (χ4n) is 3.46. The average molecular weight is 269 g/mol. The van der Waals surface area contributed by atoms with Gasteiger partial charge in [-0.1, -0.05) is 0 Å². The zero-order valence-electron chi connectivity index (χ0n) is 11.0. The lowest BCUT2D eigenvalue weighted by molar-refractivity contribution is -0.135. The van der Waals surface area contributed by atoms with Gasteiger partial charge in [0.1, 0.15) is 5.78 Å². The van der Waals surface area contributed by atoms with Crippen LogP contribution in [0.15, 0.2) is 0 Å². The molecular weight excluding hydrogens is 246 g/mol. The average Bonchev–Trinajstić information content (AvgIpc) is 2.75. The van der Waals surface area contributed by atoms with E-state index in [0.717, 1.165) is 44.5 Å². The number of carbonyl (C=O) groups excluding carboxylic acids is 1. The van der Waals surface area contributed by atoms with Crippen molar-refractivity contribution in [2.24, 2.45) is 11.7 Å². The SMILES string of the molecule is NC1(CC(=O)C2CCOC3(CCSC3)C2)CCC1. The lowest BCUT2D eigenvalue weighted by Gasteiger charge is -2.41. The fourth-order valence-corrected chi connectivity index (χ4v) is 4.84. The number of Topliss-reactive ketones (excluding diaryl/α,β-unsaturated/α-hetero) is 1. The third kappa shape index (κ3) is 2.47. The molecule has 3 rings (SSSR count). The van der Waals surface area contributed by atoms with Gasteiger partial charge in [-0.3, -0.25) is 4.79 Å². The lowest BCUT2D eigenvalue weighted by atomic mass is 9.71. The smallest absolute Gasteiger partial charge is 0.138 e. The van der Waals surface area contributed by atoms with E-state index in [4.69, 9.17) is 10.5 Å². The number of hydrogen-bond donors (Lipinski definition) is 1. The van der Waals surface area contributed by atoms with Crippen LogP contribution in [-0.4, -0.2) is 35.0 Å². The molecule has 1 aliphatic carbocycles. The standard InChI is InChI=1S/C14H23NO2S/c15-13(3-1-4-13)9-12(16)11-2-6-17-14(8-11)5-7-18-10-14/h11H,1-10,15H2. The van der Waals surface area contributed by atoms with Gasteiger partial charge in [-0.25, -0.2) is 0 Å². The maximum Gasteiger partial charge on any atom is 0.138 e. The number of rotatable bonds is 3. The lowest BCUT2D eigenvalue weighted by Crippen LogP contribution is -2.50. The summed E-state index contributed by atoms with van der Waals surface area (Å²) in [5, 5.41) is 0. The second-order valence-corrected chi connectivity index (χ2v) is 7.49. The van der Waals surface area contributed by atoms with Crippen LogP contribution in [-0.2, 0) is 9.53 Å². The van der Waals surface area contributed by atoms with Crippen LogP contribution >= 0.6 is 11.8 Å². The Balaban J connectivity index is 1.59. The molecule has 1 saturated carbocycles. The van der Waals surface area contributed by atoms with Crippen LogP contribution < -0.4 is 5.73 Å². The molecule has 0 aromatic carbocycles. The highest BCUT2D eigenvalue weighted by Gasteiger charge is 2.44. The maximum atomic E-state index is 12.4. The van der Waals surface area contributed by atoms with Crippen LogP contribution in [0.3, 0.4) is 0 Å². The van der Waals surface area contributed by atoms with E-state index in [0.29, 0.717) is 12.2 Å². The van der Waals surface area contributed by atoms with Gasteiger partial charge in [0, 0.05) is 30.2 Å². The van der Waals surface area contributed by atoms with E-state index in [-0.39, 0.29) is 17.1 Å². The van der Waals surface area contributed by atoms with E-state index in [9.17, 15) is 4.79 Å². The van der Waals surface area contributed by atoms with E-state index in [1.807, 2.05) is 11.8 Å². The molecule has 4 heteroatoms. The van der Waals surface area contributed by atoms with Crippen LogP contribution in [0.5, 0.6) is 0 Å². The summed E-state index contributed by atoms with van der Waals surface area (Å²) in [5.41, 5.74) is 6.06. The minimum atomic E-state index is -0.160. The summed E-state index contributed by atoms with van der Waals surface area (Å²) < 4.78 is 5.97. The number of hydrogen-bond acceptors (Lipinski definition) is 4. The van der Waals surface area contributed by atoms with Crippen LogP contribution in [0.2, 0.25) is 0 Å². The molecule has 0 amide bonds. The highest BCUT2D eigenvalue weighted by Crippen LogP contribution is 2.42. The Morgan fingerprint density at radius 3 is 2.83 bits per heavy atom. The van der Waals surface area contributed by atoms with Crippen molar-refractivity contribution in [1.29, 1.82) is 0 Å². The molecule has 2 aliphatic heterocycles. The van der Waals surface area contributed by atoms with Crippen molar-refractivity contribution in [3.8, 4) is 0 Å². The first kappa shape index (κ1) is 12.9. The molecule has 0 aromatic heterocycles. The second kappa shape index (κ2) is 4.80. The first-order chi connectivity index (χ1) is 8.61. The molecule has 3 fully saturated rings. The predicted molar refractivity (Wildman–Crippen MR) is 73.7 cm³/mol. The zero-order valence-corrected chi connectivity index (χ0v) is 11.8. The summed E-state index contributed by atoms with van der Waals surface area (Å²) in [6.07, 6.45) is 6.82. The third-order valence-corrected chi connectivity index (χ3v) is 6.11. The molecule has 1 spiro atoms. The quantitative estimate of drug-likeness (QED) is 0.853. The van der Waals surface area contributed by atoms with Crippen molar-refractivity contribution < 1.29 is 9.53 Å². The van der Waals surface area contributed by atoms with E-state index >= 15 is 0 Å². The third-order valence-electron chi connectivity index (χ3n) is 4.89. The normalized spacial score (nSPS) is 38.6. The monoisotopic (exact) mass is 269 g/mol. The molecule has 0 bridgehead atoms. The number of ketones is 1. The molecule has 3 nitrogen and oxygen atoms in total. The second-order valence-electron chi connectivity index (χ2n) is 6.38. The van der Waals surface area contributed by atoms with E-state index < -0.39 is 0 Å². The van der Waals surface area contributed by atoms with Gasteiger partial charge in [-0.05, 0) is 44.3 Å². The Hall–Kier alpha value is -0.0600. The van der Waals surface area contributed by atoms with Gasteiger partial charge < -0.3 is 10.5 Å². The van der Waals surface area contributed by atoms with Crippen LogP contribution in [0, 0.1) is 5.92 Å². The molecule has 3 aliphatic rings. The van der Waals surface area contributed by atoms with Crippen molar-refractivity contribution >= 4 is 17.5 Å². The summed E-state index contributed by atoms with van der Waals surface area (Å²) in [5.74, 6) is 2.86. The molecule has 0 aromatic rings. The first-order valence-electron chi connectivity index (χ1n) is 7.14. The van der Waals surface area contributed by atoms with E-state index in [2.05, 4.69) is 0 Å². The molecule has 0 radical (unpaired) electrons. The Kier molecular flexibility index (Phi) is 3.45. The summed E-state index contributed by atoms with van der Waals surface area (Å²) in [6.45, 7) is 0.758. The fraction of sp³-hybridized carbons (Fsp3) is 0.929. The van der Waals surface area contributed by atoms with Crippen LogP contribution in [0.4, 0.5) is 0 Å². The molecule has 2 saturated heterocycles. The summed E-state index contributed by atoms with van der Waals surface area (Å²) in [6, 6.07) is 0.